The number of nitrogens with zero attached hydrogens (tertiary/aromatic N) is 2. The first-order chi connectivity index (χ1) is 7.38. The van der Waals surface area contributed by atoms with Gasteiger partial charge in [-0.05, 0) is 6.42 Å². The first kappa shape index (κ1) is 12.3. The van der Waals surface area contributed by atoms with E-state index in [9.17, 15) is 18.0 Å². The number of aromatic amines is 1. The molecule has 0 fully saturated rings. The zero-order chi connectivity index (χ0) is 12.2. The Balaban J connectivity index is 2.26. The summed E-state index contributed by atoms with van der Waals surface area (Å²) in [5, 5.41) is 7.90. The largest absolute Gasteiger partial charge is 0.389 e. The van der Waals surface area contributed by atoms with E-state index in [1.54, 1.807) is 0 Å². The van der Waals surface area contributed by atoms with E-state index in [2.05, 4.69) is 20.5 Å². The molecule has 0 aliphatic rings. The summed E-state index contributed by atoms with van der Waals surface area (Å²) in [5.74, 6) is -0.851. The molecular formula is C7H10F3N5O. The van der Waals surface area contributed by atoms with E-state index in [-0.39, 0.29) is 24.7 Å². The summed E-state index contributed by atoms with van der Waals surface area (Å²) in [5.41, 5.74) is 5.15. The molecule has 90 valence electrons. The van der Waals surface area contributed by atoms with Crippen LogP contribution >= 0.6 is 0 Å². The number of halogens is 3. The summed E-state index contributed by atoms with van der Waals surface area (Å²) < 4.78 is 35.2. The van der Waals surface area contributed by atoms with Crippen LogP contribution in [0.3, 0.4) is 0 Å². The lowest BCUT2D eigenvalue weighted by molar-refractivity contribution is -0.135. The SMILES string of the molecule is Nc1n[nH]c(C(=O)NCCCC(F)(F)F)n1. The van der Waals surface area contributed by atoms with Crippen LogP contribution in [-0.2, 0) is 0 Å². The van der Waals surface area contributed by atoms with Crippen LogP contribution in [0, 0.1) is 0 Å². The Bertz CT molecular complexity index is 361. The molecule has 6 nitrogen and oxygen atoms in total. The van der Waals surface area contributed by atoms with E-state index >= 15 is 0 Å². The zero-order valence-electron chi connectivity index (χ0n) is 8.14. The van der Waals surface area contributed by atoms with Crippen molar-refractivity contribution < 1.29 is 18.0 Å². The third kappa shape index (κ3) is 4.15. The molecule has 4 N–H and O–H groups in total. The lowest BCUT2D eigenvalue weighted by Crippen LogP contribution is -2.26. The molecule has 1 heterocycles. The van der Waals surface area contributed by atoms with E-state index in [0.29, 0.717) is 0 Å². The summed E-state index contributed by atoms with van der Waals surface area (Å²) in [6.45, 7) is -0.0844. The number of carbonyl (C=O) groups excluding carboxylic acids is 1. The molecule has 1 rings (SSSR count). The Kier molecular flexibility index (Phi) is 3.69. The van der Waals surface area contributed by atoms with Crippen molar-refractivity contribution in [2.75, 3.05) is 12.3 Å². The summed E-state index contributed by atoms with van der Waals surface area (Å²) >= 11 is 0. The van der Waals surface area contributed by atoms with Crippen LogP contribution in [0.1, 0.15) is 23.5 Å². The van der Waals surface area contributed by atoms with Crippen LogP contribution in [0.5, 0.6) is 0 Å². The van der Waals surface area contributed by atoms with Gasteiger partial charge in [-0.25, -0.2) is 0 Å². The fourth-order valence-electron chi connectivity index (χ4n) is 0.951. The fourth-order valence-corrected chi connectivity index (χ4v) is 0.951. The number of aromatic nitrogens is 3. The van der Waals surface area contributed by atoms with Gasteiger partial charge in [0.15, 0.2) is 0 Å². The molecular weight excluding hydrogens is 227 g/mol. The van der Waals surface area contributed by atoms with Gasteiger partial charge in [-0.2, -0.15) is 18.2 Å². The minimum absolute atomic E-state index is 0.0844. The maximum absolute atomic E-state index is 11.7. The van der Waals surface area contributed by atoms with E-state index in [4.69, 9.17) is 5.73 Å². The topological polar surface area (TPSA) is 96.7 Å². The van der Waals surface area contributed by atoms with Crippen LogP contribution in [0.15, 0.2) is 0 Å². The second-order valence-electron chi connectivity index (χ2n) is 3.02. The van der Waals surface area contributed by atoms with Gasteiger partial charge < -0.3 is 11.1 Å². The Hall–Kier alpha value is -1.80. The Labute approximate surface area is 88.4 Å². The molecule has 0 radical (unpaired) electrons. The number of rotatable bonds is 4. The number of nitrogens with one attached hydrogen (secondary N) is 2. The molecule has 0 atom stereocenters. The van der Waals surface area contributed by atoms with Gasteiger partial charge in [-0.15, -0.1) is 5.10 Å². The van der Waals surface area contributed by atoms with E-state index in [0.717, 1.165) is 0 Å². The van der Waals surface area contributed by atoms with E-state index in [1.807, 2.05) is 0 Å². The smallest absolute Gasteiger partial charge is 0.366 e. The molecule has 0 saturated heterocycles. The van der Waals surface area contributed by atoms with Crippen molar-refractivity contribution in [3.63, 3.8) is 0 Å². The highest BCUT2D eigenvalue weighted by Crippen LogP contribution is 2.20. The number of amides is 1. The number of hydrogen-bond acceptors (Lipinski definition) is 4. The first-order valence-corrected chi connectivity index (χ1v) is 4.41. The summed E-state index contributed by atoms with van der Waals surface area (Å²) in [4.78, 5) is 14.7. The van der Waals surface area contributed by atoms with Crippen LogP contribution < -0.4 is 11.1 Å². The van der Waals surface area contributed by atoms with Crippen molar-refractivity contribution in [3.8, 4) is 0 Å². The molecule has 0 aliphatic heterocycles. The average Bonchev–Trinajstić information content (AvgIpc) is 2.57. The normalized spacial score (nSPS) is 11.4. The molecule has 16 heavy (non-hydrogen) atoms. The standard InChI is InChI=1S/C7H10F3N5O/c8-7(9,10)2-1-3-12-5(16)4-13-6(11)15-14-4/h1-3H2,(H,12,16)(H3,11,13,14,15). The predicted octanol–water partition coefficient (Wildman–Crippen LogP) is 0.459. The zero-order valence-corrected chi connectivity index (χ0v) is 8.14. The second kappa shape index (κ2) is 4.81. The highest BCUT2D eigenvalue weighted by molar-refractivity contribution is 5.90. The van der Waals surface area contributed by atoms with Crippen molar-refractivity contribution in [2.24, 2.45) is 0 Å². The van der Waals surface area contributed by atoms with Gasteiger partial charge in [-0.1, -0.05) is 0 Å². The van der Waals surface area contributed by atoms with Crippen LogP contribution in [0.2, 0.25) is 0 Å². The molecule has 0 aliphatic carbocycles. The Morgan fingerprint density at radius 1 is 1.50 bits per heavy atom. The summed E-state index contributed by atoms with van der Waals surface area (Å²) in [6, 6.07) is 0. The number of hydrogen-bond donors (Lipinski definition) is 3. The summed E-state index contributed by atoms with van der Waals surface area (Å²) in [7, 11) is 0. The minimum Gasteiger partial charge on any atom is -0.366 e. The summed E-state index contributed by atoms with van der Waals surface area (Å²) in [6.07, 6.45) is -5.33. The van der Waals surface area contributed by atoms with Gasteiger partial charge in [0.25, 0.3) is 5.91 Å². The van der Waals surface area contributed by atoms with Crippen LogP contribution in [0.25, 0.3) is 0 Å². The van der Waals surface area contributed by atoms with Crippen molar-refractivity contribution in [1.29, 1.82) is 0 Å². The van der Waals surface area contributed by atoms with Gasteiger partial charge in [0, 0.05) is 13.0 Å². The van der Waals surface area contributed by atoms with Crippen LogP contribution in [0.4, 0.5) is 19.1 Å². The highest BCUT2D eigenvalue weighted by atomic mass is 19.4. The molecule has 0 aromatic carbocycles. The molecule has 9 heteroatoms. The molecule has 1 aromatic heterocycles. The lowest BCUT2D eigenvalue weighted by atomic mass is 10.3. The monoisotopic (exact) mass is 237 g/mol. The van der Waals surface area contributed by atoms with Crippen molar-refractivity contribution in [3.05, 3.63) is 5.82 Å². The predicted molar refractivity (Wildman–Crippen MR) is 48.4 cm³/mol. The van der Waals surface area contributed by atoms with Crippen molar-refractivity contribution in [1.82, 2.24) is 20.5 Å². The molecule has 0 saturated carbocycles. The highest BCUT2D eigenvalue weighted by Gasteiger charge is 2.26. The number of alkyl halides is 3. The minimum atomic E-state index is -4.21. The number of nitrogen functional groups attached to an aromatic ring is 1. The van der Waals surface area contributed by atoms with Gasteiger partial charge in [-0.3, -0.25) is 9.89 Å². The molecule has 0 bridgehead atoms. The first-order valence-electron chi connectivity index (χ1n) is 4.41. The van der Waals surface area contributed by atoms with Gasteiger partial charge in [0.1, 0.15) is 0 Å². The average molecular weight is 237 g/mol. The molecule has 1 aromatic rings. The number of anilines is 1. The van der Waals surface area contributed by atoms with E-state index in [1.165, 1.54) is 0 Å². The molecule has 0 spiro atoms. The fraction of sp³-hybridized carbons (Fsp3) is 0.571. The number of carbonyl (C=O) groups is 1. The van der Waals surface area contributed by atoms with Gasteiger partial charge in [0.05, 0.1) is 0 Å². The second-order valence-corrected chi connectivity index (χ2v) is 3.02. The maximum atomic E-state index is 11.7. The van der Waals surface area contributed by atoms with Gasteiger partial charge >= 0.3 is 6.18 Å². The number of H-pyrrole nitrogens is 1. The number of nitrogens with two attached hydrogens (primary N) is 1. The molecule has 0 unspecified atom stereocenters. The Morgan fingerprint density at radius 3 is 2.69 bits per heavy atom. The third-order valence-electron chi connectivity index (χ3n) is 1.64. The van der Waals surface area contributed by atoms with Crippen molar-refractivity contribution in [2.45, 2.75) is 19.0 Å². The van der Waals surface area contributed by atoms with Crippen LogP contribution in [-0.4, -0.2) is 33.8 Å². The van der Waals surface area contributed by atoms with E-state index < -0.39 is 18.5 Å². The lowest BCUT2D eigenvalue weighted by Gasteiger charge is -2.06. The third-order valence-corrected chi connectivity index (χ3v) is 1.64. The molecule has 1 amide bonds. The van der Waals surface area contributed by atoms with Gasteiger partial charge in [0.2, 0.25) is 11.8 Å². The Morgan fingerprint density at radius 2 is 2.19 bits per heavy atom. The quantitative estimate of drug-likeness (QED) is 0.662. The van der Waals surface area contributed by atoms with Crippen molar-refractivity contribution >= 4 is 11.9 Å². The maximum Gasteiger partial charge on any atom is 0.389 e.